The summed E-state index contributed by atoms with van der Waals surface area (Å²) in [5.41, 5.74) is 8.68. The number of rotatable bonds is 3. The van der Waals surface area contributed by atoms with Gasteiger partial charge in [-0.2, -0.15) is 0 Å². The summed E-state index contributed by atoms with van der Waals surface area (Å²) in [7, 11) is 1.83. The number of nitrogens with two attached hydrogens (primary N) is 1. The van der Waals surface area contributed by atoms with Crippen LogP contribution in [-0.4, -0.2) is 20.7 Å². The largest absolute Gasteiger partial charge is 0.454 e. The number of aromatic nitrogens is 3. The summed E-state index contributed by atoms with van der Waals surface area (Å²) in [4.78, 5) is 12.1. The van der Waals surface area contributed by atoms with E-state index in [2.05, 4.69) is 10.2 Å². The highest BCUT2D eigenvalue weighted by Crippen LogP contribution is 2.19. The second-order valence-corrected chi connectivity index (χ2v) is 4.82. The summed E-state index contributed by atoms with van der Waals surface area (Å²) in [5, 5.41) is 7.86. The number of ether oxygens (including phenoxy) is 1. The quantitative estimate of drug-likeness (QED) is 0.680. The van der Waals surface area contributed by atoms with Crippen LogP contribution in [0.2, 0.25) is 0 Å². The number of benzene rings is 1. The van der Waals surface area contributed by atoms with Gasteiger partial charge in [-0.15, -0.1) is 10.2 Å². The Morgan fingerprint density at radius 2 is 1.95 bits per heavy atom. The molecule has 2 aromatic rings. The van der Waals surface area contributed by atoms with Crippen LogP contribution in [0.1, 0.15) is 33.1 Å². The van der Waals surface area contributed by atoms with Crippen molar-refractivity contribution in [2.45, 2.75) is 27.4 Å². The minimum Gasteiger partial charge on any atom is -0.454 e. The van der Waals surface area contributed by atoms with Gasteiger partial charge in [-0.25, -0.2) is 4.79 Å². The van der Waals surface area contributed by atoms with Crippen LogP contribution in [0.15, 0.2) is 12.1 Å². The fourth-order valence-corrected chi connectivity index (χ4v) is 1.87. The van der Waals surface area contributed by atoms with Gasteiger partial charge in [-0.05, 0) is 38.0 Å². The predicted octanol–water partition coefficient (Wildman–Crippen LogP) is 1.68. The van der Waals surface area contributed by atoms with Crippen molar-refractivity contribution in [3.8, 4) is 0 Å². The molecule has 1 heterocycles. The van der Waals surface area contributed by atoms with Gasteiger partial charge in [-0.3, -0.25) is 0 Å². The number of nitrogen functional groups attached to an aromatic ring is 1. The van der Waals surface area contributed by atoms with Gasteiger partial charge in [-0.1, -0.05) is 6.07 Å². The summed E-state index contributed by atoms with van der Waals surface area (Å²) < 4.78 is 7.05. The smallest absolute Gasteiger partial charge is 0.338 e. The van der Waals surface area contributed by atoms with Gasteiger partial charge in [0.25, 0.3) is 0 Å². The fraction of sp³-hybridized carbons (Fsp3) is 0.357. The third kappa shape index (κ3) is 2.64. The van der Waals surface area contributed by atoms with Crippen molar-refractivity contribution in [2.24, 2.45) is 7.05 Å². The molecular formula is C14H18N4O2. The minimum absolute atomic E-state index is 0.0867. The van der Waals surface area contributed by atoms with Crippen LogP contribution in [0, 0.1) is 20.8 Å². The SMILES string of the molecule is Cc1cc(C)c(C(=O)OCc2nnc(C)n2C)cc1N. The van der Waals surface area contributed by atoms with Gasteiger partial charge in [0.15, 0.2) is 12.4 Å². The first-order valence-electron chi connectivity index (χ1n) is 6.29. The van der Waals surface area contributed by atoms with E-state index in [9.17, 15) is 4.79 Å². The number of carbonyl (C=O) groups is 1. The molecule has 0 aliphatic rings. The highest BCUT2D eigenvalue weighted by Gasteiger charge is 2.14. The van der Waals surface area contributed by atoms with E-state index in [4.69, 9.17) is 10.5 Å². The maximum absolute atomic E-state index is 12.1. The zero-order valence-corrected chi connectivity index (χ0v) is 12.1. The maximum Gasteiger partial charge on any atom is 0.338 e. The summed E-state index contributed by atoms with van der Waals surface area (Å²) >= 11 is 0. The molecule has 0 saturated heterocycles. The molecule has 20 heavy (non-hydrogen) atoms. The Labute approximate surface area is 117 Å². The summed E-state index contributed by atoms with van der Waals surface area (Å²) in [6.45, 7) is 5.68. The van der Waals surface area contributed by atoms with E-state index in [1.807, 2.05) is 33.9 Å². The third-order valence-electron chi connectivity index (χ3n) is 3.35. The zero-order chi connectivity index (χ0) is 14.9. The lowest BCUT2D eigenvalue weighted by molar-refractivity contribution is 0.0458. The normalized spacial score (nSPS) is 10.6. The number of hydrogen-bond acceptors (Lipinski definition) is 5. The number of esters is 1. The molecule has 0 bridgehead atoms. The highest BCUT2D eigenvalue weighted by atomic mass is 16.5. The van der Waals surface area contributed by atoms with Crippen LogP contribution in [0.3, 0.4) is 0 Å². The Hall–Kier alpha value is -2.37. The molecule has 1 aromatic carbocycles. The lowest BCUT2D eigenvalue weighted by atomic mass is 10.0. The van der Waals surface area contributed by atoms with E-state index in [1.165, 1.54) is 0 Å². The Morgan fingerprint density at radius 1 is 1.25 bits per heavy atom. The molecule has 0 aliphatic carbocycles. The molecule has 0 spiro atoms. The van der Waals surface area contributed by atoms with E-state index >= 15 is 0 Å². The van der Waals surface area contributed by atoms with Crippen molar-refractivity contribution in [1.29, 1.82) is 0 Å². The molecule has 0 atom stereocenters. The van der Waals surface area contributed by atoms with Crippen LogP contribution in [0.5, 0.6) is 0 Å². The van der Waals surface area contributed by atoms with Crippen LogP contribution < -0.4 is 5.73 Å². The van der Waals surface area contributed by atoms with E-state index in [0.717, 1.165) is 17.0 Å². The average molecular weight is 274 g/mol. The monoisotopic (exact) mass is 274 g/mol. The van der Waals surface area contributed by atoms with Gasteiger partial charge in [0.05, 0.1) is 5.56 Å². The molecule has 0 fully saturated rings. The van der Waals surface area contributed by atoms with Crippen molar-refractivity contribution >= 4 is 11.7 Å². The van der Waals surface area contributed by atoms with E-state index in [0.29, 0.717) is 17.1 Å². The van der Waals surface area contributed by atoms with Crippen molar-refractivity contribution in [3.63, 3.8) is 0 Å². The second-order valence-electron chi connectivity index (χ2n) is 4.82. The number of carbonyl (C=O) groups excluding carboxylic acids is 1. The predicted molar refractivity (Wildman–Crippen MR) is 75.2 cm³/mol. The second kappa shape index (κ2) is 5.32. The van der Waals surface area contributed by atoms with Gasteiger partial charge >= 0.3 is 5.97 Å². The minimum atomic E-state index is -0.408. The molecule has 0 amide bonds. The van der Waals surface area contributed by atoms with Crippen LogP contribution in [0.4, 0.5) is 5.69 Å². The fourth-order valence-electron chi connectivity index (χ4n) is 1.87. The van der Waals surface area contributed by atoms with Gasteiger partial charge in [0.2, 0.25) is 0 Å². The molecule has 2 N–H and O–H groups in total. The highest BCUT2D eigenvalue weighted by molar-refractivity contribution is 5.92. The lowest BCUT2D eigenvalue weighted by Crippen LogP contribution is -2.11. The van der Waals surface area contributed by atoms with E-state index < -0.39 is 5.97 Å². The molecular weight excluding hydrogens is 256 g/mol. The van der Waals surface area contributed by atoms with Crippen molar-refractivity contribution < 1.29 is 9.53 Å². The standard InChI is InChI=1S/C14H18N4O2/c1-8-5-9(2)12(15)6-11(8)14(19)20-7-13-17-16-10(3)18(13)4/h5-6H,7,15H2,1-4H3. The Morgan fingerprint density at radius 3 is 2.55 bits per heavy atom. The van der Waals surface area contributed by atoms with Crippen molar-refractivity contribution in [3.05, 3.63) is 40.5 Å². The van der Waals surface area contributed by atoms with Gasteiger partial charge in [0.1, 0.15) is 5.82 Å². The summed E-state index contributed by atoms with van der Waals surface area (Å²) in [6, 6.07) is 3.52. The zero-order valence-electron chi connectivity index (χ0n) is 12.1. The lowest BCUT2D eigenvalue weighted by Gasteiger charge is -2.09. The van der Waals surface area contributed by atoms with Crippen molar-refractivity contribution in [1.82, 2.24) is 14.8 Å². The molecule has 6 nitrogen and oxygen atoms in total. The summed E-state index contributed by atoms with van der Waals surface area (Å²) in [5.74, 6) is 0.968. The molecule has 106 valence electrons. The number of anilines is 1. The summed E-state index contributed by atoms with van der Waals surface area (Å²) in [6.07, 6.45) is 0. The van der Waals surface area contributed by atoms with E-state index in [-0.39, 0.29) is 6.61 Å². The molecule has 0 radical (unpaired) electrons. The number of aryl methyl sites for hydroxylation is 3. The van der Waals surface area contributed by atoms with Gasteiger partial charge in [0, 0.05) is 12.7 Å². The molecule has 0 aliphatic heterocycles. The topological polar surface area (TPSA) is 83.0 Å². The number of hydrogen-bond donors (Lipinski definition) is 1. The van der Waals surface area contributed by atoms with Gasteiger partial charge < -0.3 is 15.0 Å². The molecule has 2 rings (SSSR count). The van der Waals surface area contributed by atoms with Crippen LogP contribution in [-0.2, 0) is 18.4 Å². The van der Waals surface area contributed by atoms with Crippen LogP contribution >= 0.6 is 0 Å². The Bertz CT molecular complexity index is 661. The molecule has 1 aromatic heterocycles. The van der Waals surface area contributed by atoms with Crippen molar-refractivity contribution in [2.75, 3.05) is 5.73 Å². The van der Waals surface area contributed by atoms with Crippen LogP contribution in [0.25, 0.3) is 0 Å². The maximum atomic E-state index is 12.1. The first kappa shape index (κ1) is 14.0. The molecule has 0 saturated carbocycles. The first-order valence-corrected chi connectivity index (χ1v) is 6.29. The number of nitrogens with zero attached hydrogens (tertiary/aromatic N) is 3. The van der Waals surface area contributed by atoms with E-state index in [1.54, 1.807) is 10.6 Å². The third-order valence-corrected chi connectivity index (χ3v) is 3.35. The average Bonchev–Trinajstić information content (AvgIpc) is 2.71. The molecule has 6 heteroatoms. The Balaban J connectivity index is 2.13. The first-order chi connectivity index (χ1) is 9.40. The Kier molecular flexibility index (Phi) is 3.74. The molecule has 0 unspecified atom stereocenters.